The van der Waals surface area contributed by atoms with Gasteiger partial charge in [0.15, 0.2) is 0 Å². The van der Waals surface area contributed by atoms with Gasteiger partial charge in [0.25, 0.3) is 0 Å². The molecule has 0 radical (unpaired) electrons. The Morgan fingerprint density at radius 3 is 2.88 bits per heavy atom. The van der Waals surface area contributed by atoms with Gasteiger partial charge in [-0.1, -0.05) is 18.2 Å². The van der Waals surface area contributed by atoms with Crippen molar-refractivity contribution in [2.45, 2.75) is 6.54 Å². The fraction of sp³-hybridized carbons (Fsp3) is 0.167. The molecule has 2 N–H and O–H groups in total. The molecule has 0 spiro atoms. The first kappa shape index (κ1) is 11.2. The summed E-state index contributed by atoms with van der Waals surface area (Å²) in [6.45, 7) is 0.468. The summed E-state index contributed by atoms with van der Waals surface area (Å²) in [4.78, 5) is 11.1. The van der Waals surface area contributed by atoms with E-state index in [-0.39, 0.29) is 6.03 Å². The number of aromatic nitrogens is 2. The molecule has 88 valence electrons. The van der Waals surface area contributed by atoms with Crippen LogP contribution < -0.4 is 10.6 Å². The van der Waals surface area contributed by atoms with Crippen molar-refractivity contribution in [3.8, 4) is 5.69 Å². The molecule has 2 amide bonds. The van der Waals surface area contributed by atoms with Gasteiger partial charge in [0.2, 0.25) is 0 Å². The van der Waals surface area contributed by atoms with Crippen LogP contribution >= 0.6 is 0 Å². The van der Waals surface area contributed by atoms with Crippen molar-refractivity contribution >= 4 is 6.03 Å². The number of nitrogens with zero attached hydrogens (tertiary/aromatic N) is 2. The Bertz CT molecular complexity index is 493. The quantitative estimate of drug-likeness (QED) is 0.835. The fourth-order valence-corrected chi connectivity index (χ4v) is 1.56. The normalized spacial score (nSPS) is 9.94. The molecular weight excluding hydrogens is 216 g/mol. The molecule has 1 heterocycles. The molecule has 5 nitrogen and oxygen atoms in total. The Kier molecular flexibility index (Phi) is 3.40. The number of para-hydroxylation sites is 1. The predicted octanol–water partition coefficient (Wildman–Crippen LogP) is 1.30. The summed E-state index contributed by atoms with van der Waals surface area (Å²) in [6, 6.07) is 9.48. The minimum atomic E-state index is -0.194. The van der Waals surface area contributed by atoms with Gasteiger partial charge in [-0.2, -0.15) is 5.10 Å². The molecule has 0 aliphatic rings. The van der Waals surface area contributed by atoms with E-state index in [1.165, 1.54) is 0 Å². The SMILES string of the molecule is CNC(=O)NCc1ccccc1-n1cccn1. The van der Waals surface area contributed by atoms with Crippen molar-refractivity contribution in [2.75, 3.05) is 7.05 Å². The summed E-state index contributed by atoms with van der Waals surface area (Å²) < 4.78 is 1.78. The zero-order chi connectivity index (χ0) is 12.1. The molecule has 17 heavy (non-hydrogen) atoms. The Labute approximate surface area is 99.5 Å². The number of carbonyl (C=O) groups is 1. The molecular formula is C12H14N4O. The van der Waals surface area contributed by atoms with Crippen molar-refractivity contribution in [3.05, 3.63) is 48.3 Å². The number of carbonyl (C=O) groups excluding carboxylic acids is 1. The number of hydrogen-bond donors (Lipinski definition) is 2. The van der Waals surface area contributed by atoms with Crippen LogP contribution in [0.5, 0.6) is 0 Å². The topological polar surface area (TPSA) is 59.0 Å². The average molecular weight is 230 g/mol. The highest BCUT2D eigenvalue weighted by molar-refractivity contribution is 5.73. The third-order valence-electron chi connectivity index (χ3n) is 2.41. The predicted molar refractivity (Wildman–Crippen MR) is 64.9 cm³/mol. The maximum absolute atomic E-state index is 11.1. The van der Waals surface area contributed by atoms with E-state index in [0.717, 1.165) is 11.3 Å². The Morgan fingerprint density at radius 2 is 2.18 bits per heavy atom. The molecule has 2 aromatic rings. The number of rotatable bonds is 3. The van der Waals surface area contributed by atoms with E-state index in [9.17, 15) is 4.79 Å². The lowest BCUT2D eigenvalue weighted by Gasteiger charge is -2.10. The molecule has 1 aromatic heterocycles. The van der Waals surface area contributed by atoms with Crippen LogP contribution in [-0.2, 0) is 6.54 Å². The maximum atomic E-state index is 11.1. The van der Waals surface area contributed by atoms with Gasteiger partial charge < -0.3 is 10.6 Å². The van der Waals surface area contributed by atoms with E-state index in [1.807, 2.05) is 36.5 Å². The average Bonchev–Trinajstić information content (AvgIpc) is 2.90. The Morgan fingerprint density at radius 1 is 1.35 bits per heavy atom. The number of benzene rings is 1. The van der Waals surface area contributed by atoms with Crippen LogP contribution in [0.25, 0.3) is 5.69 Å². The van der Waals surface area contributed by atoms with Crippen LogP contribution in [-0.4, -0.2) is 22.9 Å². The van der Waals surface area contributed by atoms with E-state index in [2.05, 4.69) is 15.7 Å². The summed E-state index contributed by atoms with van der Waals surface area (Å²) in [5.74, 6) is 0. The first-order chi connectivity index (χ1) is 8.31. The van der Waals surface area contributed by atoms with Crippen molar-refractivity contribution in [1.29, 1.82) is 0 Å². The molecule has 0 aliphatic carbocycles. The number of hydrogen-bond acceptors (Lipinski definition) is 2. The largest absolute Gasteiger partial charge is 0.341 e. The maximum Gasteiger partial charge on any atom is 0.314 e. The van der Waals surface area contributed by atoms with E-state index in [4.69, 9.17) is 0 Å². The third-order valence-corrected chi connectivity index (χ3v) is 2.41. The van der Waals surface area contributed by atoms with Crippen LogP contribution in [0.4, 0.5) is 4.79 Å². The molecule has 0 saturated carbocycles. The summed E-state index contributed by atoms with van der Waals surface area (Å²) >= 11 is 0. The van der Waals surface area contributed by atoms with E-state index < -0.39 is 0 Å². The lowest BCUT2D eigenvalue weighted by Crippen LogP contribution is -2.32. The Balaban J connectivity index is 2.20. The first-order valence-corrected chi connectivity index (χ1v) is 5.35. The van der Waals surface area contributed by atoms with Gasteiger partial charge in [-0.05, 0) is 17.7 Å². The molecule has 0 saturated heterocycles. The lowest BCUT2D eigenvalue weighted by atomic mass is 10.2. The van der Waals surface area contributed by atoms with Crippen LogP contribution in [0.1, 0.15) is 5.56 Å². The minimum absolute atomic E-state index is 0.194. The van der Waals surface area contributed by atoms with E-state index >= 15 is 0 Å². The second kappa shape index (κ2) is 5.16. The second-order valence-electron chi connectivity index (χ2n) is 3.51. The van der Waals surface area contributed by atoms with Crippen LogP contribution in [0.2, 0.25) is 0 Å². The zero-order valence-electron chi connectivity index (χ0n) is 9.55. The van der Waals surface area contributed by atoms with Crippen LogP contribution in [0, 0.1) is 0 Å². The molecule has 0 unspecified atom stereocenters. The van der Waals surface area contributed by atoms with Gasteiger partial charge in [-0.15, -0.1) is 0 Å². The summed E-state index contributed by atoms with van der Waals surface area (Å²) in [6.07, 6.45) is 3.60. The standard InChI is InChI=1S/C12H14N4O/c1-13-12(17)14-9-10-5-2-3-6-11(10)16-8-4-7-15-16/h2-8H,9H2,1H3,(H2,13,14,17). The highest BCUT2D eigenvalue weighted by Crippen LogP contribution is 2.12. The van der Waals surface area contributed by atoms with Crippen molar-refractivity contribution in [1.82, 2.24) is 20.4 Å². The summed E-state index contributed by atoms with van der Waals surface area (Å²) in [5.41, 5.74) is 1.98. The zero-order valence-corrected chi connectivity index (χ0v) is 9.55. The van der Waals surface area contributed by atoms with E-state index in [1.54, 1.807) is 17.9 Å². The highest BCUT2D eigenvalue weighted by atomic mass is 16.2. The summed E-state index contributed by atoms with van der Waals surface area (Å²) in [7, 11) is 1.59. The van der Waals surface area contributed by atoms with Gasteiger partial charge in [0, 0.05) is 26.0 Å². The number of nitrogens with one attached hydrogen (secondary N) is 2. The van der Waals surface area contributed by atoms with Gasteiger partial charge >= 0.3 is 6.03 Å². The molecule has 0 fully saturated rings. The van der Waals surface area contributed by atoms with Crippen molar-refractivity contribution in [3.63, 3.8) is 0 Å². The van der Waals surface area contributed by atoms with Crippen molar-refractivity contribution < 1.29 is 4.79 Å². The van der Waals surface area contributed by atoms with Crippen LogP contribution in [0.15, 0.2) is 42.7 Å². The molecule has 0 atom stereocenters. The second-order valence-corrected chi connectivity index (χ2v) is 3.51. The monoisotopic (exact) mass is 230 g/mol. The summed E-state index contributed by atoms with van der Waals surface area (Å²) in [5, 5.41) is 9.46. The smallest absolute Gasteiger partial charge is 0.314 e. The minimum Gasteiger partial charge on any atom is -0.341 e. The van der Waals surface area contributed by atoms with Gasteiger partial charge in [0.1, 0.15) is 0 Å². The number of amides is 2. The molecule has 2 rings (SSSR count). The van der Waals surface area contributed by atoms with Gasteiger partial charge in [-0.3, -0.25) is 0 Å². The van der Waals surface area contributed by atoms with E-state index in [0.29, 0.717) is 6.54 Å². The molecule has 0 aliphatic heterocycles. The lowest BCUT2D eigenvalue weighted by molar-refractivity contribution is 0.242. The molecule has 1 aromatic carbocycles. The van der Waals surface area contributed by atoms with Gasteiger partial charge in [0.05, 0.1) is 5.69 Å². The first-order valence-electron chi connectivity index (χ1n) is 5.35. The fourth-order valence-electron chi connectivity index (χ4n) is 1.56. The van der Waals surface area contributed by atoms with Crippen LogP contribution in [0.3, 0.4) is 0 Å². The number of urea groups is 1. The molecule has 0 bridgehead atoms. The highest BCUT2D eigenvalue weighted by Gasteiger charge is 2.04. The van der Waals surface area contributed by atoms with Crippen molar-refractivity contribution in [2.24, 2.45) is 0 Å². The molecule has 5 heteroatoms. The third kappa shape index (κ3) is 2.63. The Hall–Kier alpha value is -2.30. The van der Waals surface area contributed by atoms with Gasteiger partial charge in [-0.25, -0.2) is 9.48 Å².